The van der Waals surface area contributed by atoms with Gasteiger partial charge in [-0.1, -0.05) is 15.9 Å². The Morgan fingerprint density at radius 3 is 2.83 bits per heavy atom. The highest BCUT2D eigenvalue weighted by molar-refractivity contribution is 9.10. The van der Waals surface area contributed by atoms with Crippen molar-refractivity contribution in [3.05, 3.63) is 27.7 Å². The zero-order chi connectivity index (χ0) is 13.3. The van der Waals surface area contributed by atoms with E-state index in [1.807, 2.05) is 12.1 Å². The molecule has 6 heteroatoms. The molecule has 0 bridgehead atoms. The van der Waals surface area contributed by atoms with Crippen LogP contribution in [0, 0.1) is 0 Å². The first kappa shape index (κ1) is 13.8. The largest absolute Gasteiger partial charge is 0.493 e. The van der Waals surface area contributed by atoms with Gasteiger partial charge in [0.05, 0.1) is 12.4 Å². The van der Waals surface area contributed by atoms with Crippen LogP contribution in [-0.2, 0) is 16.3 Å². The Hall–Kier alpha value is -0.590. The first-order chi connectivity index (χ1) is 8.40. The number of hydrogen-bond donors (Lipinski definition) is 1. The van der Waals surface area contributed by atoms with Crippen LogP contribution in [-0.4, -0.2) is 34.1 Å². The second-order valence-corrected chi connectivity index (χ2v) is 7.62. The monoisotopic (exact) mass is 333 g/mol. The van der Waals surface area contributed by atoms with Crippen molar-refractivity contribution in [2.24, 2.45) is 0 Å². The number of hydrogen-bond acceptors (Lipinski definition) is 4. The Bertz CT molecular complexity index is 557. The van der Waals surface area contributed by atoms with Gasteiger partial charge in [-0.3, -0.25) is 0 Å². The van der Waals surface area contributed by atoms with Gasteiger partial charge >= 0.3 is 0 Å². The molecule has 18 heavy (non-hydrogen) atoms. The topological polar surface area (TPSA) is 55.4 Å². The van der Waals surface area contributed by atoms with Crippen molar-refractivity contribution in [3.63, 3.8) is 0 Å². The molecule has 1 atom stereocenters. The van der Waals surface area contributed by atoms with E-state index in [2.05, 4.69) is 21.2 Å². The first-order valence-corrected chi connectivity index (χ1v) is 8.56. The van der Waals surface area contributed by atoms with Crippen LogP contribution in [0.3, 0.4) is 0 Å². The molecule has 100 valence electrons. The van der Waals surface area contributed by atoms with Crippen LogP contribution in [0.15, 0.2) is 16.6 Å². The van der Waals surface area contributed by atoms with E-state index in [0.717, 1.165) is 27.8 Å². The predicted molar refractivity (Wildman–Crippen MR) is 74.9 cm³/mol. The molecule has 0 saturated heterocycles. The van der Waals surface area contributed by atoms with Crippen LogP contribution in [0.25, 0.3) is 0 Å². The lowest BCUT2D eigenvalue weighted by Crippen LogP contribution is -2.25. The van der Waals surface area contributed by atoms with E-state index in [1.165, 1.54) is 6.26 Å². The molecular formula is C12H16BrNO3S. The molecule has 0 aromatic heterocycles. The second-order valence-electron chi connectivity index (χ2n) is 4.52. The number of ether oxygens (including phenoxy) is 1. The Labute approximate surface area is 116 Å². The molecule has 1 aliphatic rings. The van der Waals surface area contributed by atoms with Gasteiger partial charge in [0.2, 0.25) is 0 Å². The van der Waals surface area contributed by atoms with E-state index in [0.29, 0.717) is 6.61 Å². The third-order valence-electron chi connectivity index (χ3n) is 2.97. The van der Waals surface area contributed by atoms with Crippen LogP contribution in [0.1, 0.15) is 17.2 Å². The third-order valence-corrected chi connectivity index (χ3v) is 4.37. The molecule has 1 N–H and O–H groups in total. The van der Waals surface area contributed by atoms with Crippen LogP contribution < -0.4 is 10.1 Å². The maximum absolute atomic E-state index is 11.5. The van der Waals surface area contributed by atoms with E-state index >= 15 is 0 Å². The zero-order valence-electron chi connectivity index (χ0n) is 10.4. The molecule has 0 saturated carbocycles. The van der Waals surface area contributed by atoms with Gasteiger partial charge in [0.25, 0.3) is 0 Å². The van der Waals surface area contributed by atoms with Crippen molar-refractivity contribution in [1.29, 1.82) is 0 Å². The summed E-state index contributed by atoms with van der Waals surface area (Å²) < 4.78 is 29.5. The van der Waals surface area contributed by atoms with Crippen molar-refractivity contribution >= 4 is 25.8 Å². The van der Waals surface area contributed by atoms with E-state index in [-0.39, 0.29) is 11.8 Å². The van der Waals surface area contributed by atoms with Gasteiger partial charge in [-0.05, 0) is 24.7 Å². The highest BCUT2D eigenvalue weighted by atomic mass is 79.9. The van der Waals surface area contributed by atoms with Crippen molar-refractivity contribution in [2.45, 2.75) is 12.5 Å². The summed E-state index contributed by atoms with van der Waals surface area (Å²) in [7, 11) is -1.29. The summed E-state index contributed by atoms with van der Waals surface area (Å²) >= 11 is 3.46. The quantitative estimate of drug-likeness (QED) is 0.910. The maximum Gasteiger partial charge on any atom is 0.149 e. The van der Waals surface area contributed by atoms with Crippen LogP contribution in [0.5, 0.6) is 5.75 Å². The molecular weight excluding hydrogens is 318 g/mol. The average molecular weight is 334 g/mol. The molecule has 1 heterocycles. The van der Waals surface area contributed by atoms with E-state index < -0.39 is 9.84 Å². The maximum atomic E-state index is 11.5. The normalized spacial score (nSPS) is 16.2. The minimum atomic E-state index is -3.05. The number of halogens is 1. The van der Waals surface area contributed by atoms with Gasteiger partial charge in [0, 0.05) is 28.8 Å². The summed E-state index contributed by atoms with van der Waals surface area (Å²) in [5, 5.41) is 3.05. The van der Waals surface area contributed by atoms with Gasteiger partial charge in [0.15, 0.2) is 0 Å². The smallest absolute Gasteiger partial charge is 0.149 e. The summed E-state index contributed by atoms with van der Waals surface area (Å²) in [5.41, 5.74) is 2.04. The molecule has 0 spiro atoms. The fraction of sp³-hybridized carbons (Fsp3) is 0.500. The van der Waals surface area contributed by atoms with Crippen LogP contribution >= 0.6 is 15.9 Å². The summed E-state index contributed by atoms with van der Waals surface area (Å²) in [6.45, 7) is 0.661. The predicted octanol–water partition coefficient (Wildman–Crippen LogP) is 1.69. The van der Waals surface area contributed by atoms with Gasteiger partial charge < -0.3 is 10.1 Å². The van der Waals surface area contributed by atoms with Crippen molar-refractivity contribution in [2.75, 3.05) is 25.7 Å². The van der Waals surface area contributed by atoms with Crippen molar-refractivity contribution in [1.82, 2.24) is 5.32 Å². The van der Waals surface area contributed by atoms with Crippen molar-refractivity contribution < 1.29 is 13.2 Å². The number of sulfone groups is 1. The number of nitrogens with one attached hydrogen (secondary N) is 1. The summed E-state index contributed by atoms with van der Waals surface area (Å²) in [6.07, 6.45) is 2.12. The molecule has 2 rings (SSSR count). The Morgan fingerprint density at radius 1 is 1.50 bits per heavy atom. The molecule has 0 fully saturated rings. The number of rotatable bonds is 4. The lowest BCUT2D eigenvalue weighted by molar-refractivity contribution is 0.350. The summed E-state index contributed by atoms with van der Waals surface area (Å²) in [6, 6.07) is 3.71. The Morgan fingerprint density at radius 2 is 2.22 bits per heavy atom. The number of fused-ring (bicyclic) bond motifs is 1. The molecule has 0 amide bonds. The van der Waals surface area contributed by atoms with Gasteiger partial charge in [-0.2, -0.15) is 0 Å². The van der Waals surface area contributed by atoms with E-state index in [4.69, 9.17) is 4.74 Å². The van der Waals surface area contributed by atoms with Gasteiger partial charge in [0.1, 0.15) is 15.6 Å². The highest BCUT2D eigenvalue weighted by Gasteiger charge is 2.24. The SMILES string of the molecule is CNC(CS(C)(=O)=O)c1cc(Br)cc2c1OCC2. The number of benzene rings is 1. The lowest BCUT2D eigenvalue weighted by Gasteiger charge is -2.19. The van der Waals surface area contributed by atoms with Crippen molar-refractivity contribution in [3.8, 4) is 5.75 Å². The van der Waals surface area contributed by atoms with E-state index in [1.54, 1.807) is 7.05 Å². The van der Waals surface area contributed by atoms with Crippen LogP contribution in [0.2, 0.25) is 0 Å². The zero-order valence-corrected chi connectivity index (χ0v) is 12.8. The Kier molecular flexibility index (Phi) is 3.99. The average Bonchev–Trinajstić information content (AvgIpc) is 2.71. The first-order valence-electron chi connectivity index (χ1n) is 5.71. The fourth-order valence-electron chi connectivity index (χ4n) is 2.19. The standard InChI is InChI=1S/C12H16BrNO3S/c1-14-11(7-18(2,15)16)10-6-9(13)5-8-3-4-17-12(8)10/h5-6,11,14H,3-4,7H2,1-2H3. The molecule has 1 aliphatic heterocycles. The van der Waals surface area contributed by atoms with Gasteiger partial charge in [-0.15, -0.1) is 0 Å². The van der Waals surface area contributed by atoms with Gasteiger partial charge in [-0.25, -0.2) is 8.42 Å². The molecule has 1 aromatic rings. The minimum absolute atomic E-state index is 0.0652. The molecule has 1 aromatic carbocycles. The summed E-state index contributed by atoms with van der Waals surface area (Å²) in [4.78, 5) is 0. The molecule has 1 unspecified atom stereocenters. The molecule has 0 aliphatic carbocycles. The third kappa shape index (κ3) is 3.05. The fourth-order valence-corrected chi connectivity index (χ4v) is 3.66. The molecule has 0 radical (unpaired) electrons. The second kappa shape index (κ2) is 5.19. The van der Waals surface area contributed by atoms with E-state index in [9.17, 15) is 8.42 Å². The lowest BCUT2D eigenvalue weighted by atomic mass is 10.0. The molecule has 4 nitrogen and oxygen atoms in total. The highest BCUT2D eigenvalue weighted by Crippen LogP contribution is 2.36. The minimum Gasteiger partial charge on any atom is -0.493 e. The summed E-state index contributed by atoms with van der Waals surface area (Å²) in [5.74, 6) is 0.900. The van der Waals surface area contributed by atoms with Crippen LogP contribution in [0.4, 0.5) is 0 Å². The Balaban J connectivity index is 2.42.